The number of ether oxygens (including phenoxy) is 2. The zero-order chi connectivity index (χ0) is 25.9. The second-order valence-electron chi connectivity index (χ2n) is 9.41. The number of nitrogens with zero attached hydrogens (tertiary/aromatic N) is 4. The maximum absolute atomic E-state index is 11.6. The zero-order valence-electron chi connectivity index (χ0n) is 21.4. The van der Waals surface area contributed by atoms with E-state index in [0.717, 1.165) is 41.5 Å². The van der Waals surface area contributed by atoms with Gasteiger partial charge in [0, 0.05) is 24.0 Å². The quantitative estimate of drug-likeness (QED) is 0.622. The minimum Gasteiger partial charge on any atom is -0.377 e. The van der Waals surface area contributed by atoms with E-state index in [9.17, 15) is 8.42 Å². The van der Waals surface area contributed by atoms with Crippen molar-refractivity contribution in [3.05, 3.63) is 46.5 Å². The summed E-state index contributed by atoms with van der Waals surface area (Å²) in [7, 11) is -3.35. The van der Waals surface area contributed by atoms with Crippen LogP contribution < -0.4 is 25.1 Å². The molecule has 0 spiro atoms. The average Bonchev–Trinajstić information content (AvgIpc) is 2.82. The largest absolute Gasteiger partial charge is 0.377 e. The minimum atomic E-state index is -3.35. The number of sulfonamides is 1. The van der Waals surface area contributed by atoms with Crippen molar-refractivity contribution < 1.29 is 17.9 Å². The van der Waals surface area contributed by atoms with E-state index < -0.39 is 10.0 Å². The number of benzene rings is 1. The monoisotopic (exact) mass is 513 g/mol. The molecule has 36 heavy (non-hydrogen) atoms. The van der Waals surface area contributed by atoms with Crippen molar-refractivity contribution >= 4 is 45.7 Å². The first kappa shape index (κ1) is 26.1. The topological polar surface area (TPSA) is 96.9 Å². The van der Waals surface area contributed by atoms with Gasteiger partial charge in [0.05, 0.1) is 50.1 Å². The maximum atomic E-state index is 11.6. The molecular formula is C26H35N5O4S. The summed E-state index contributed by atoms with van der Waals surface area (Å²) in [6.45, 7) is 14.5. The Bertz CT molecular complexity index is 1340. The molecule has 194 valence electrons. The van der Waals surface area contributed by atoms with Crippen LogP contribution in [-0.2, 0) is 19.5 Å². The van der Waals surface area contributed by atoms with Crippen LogP contribution in [0.15, 0.2) is 30.3 Å². The summed E-state index contributed by atoms with van der Waals surface area (Å²) >= 11 is 0. The second kappa shape index (κ2) is 11.0. The van der Waals surface area contributed by atoms with Gasteiger partial charge in [-0.2, -0.15) is 4.98 Å². The first-order valence-electron chi connectivity index (χ1n) is 12.1. The number of aromatic nitrogens is 2. The summed E-state index contributed by atoms with van der Waals surface area (Å²) in [5.74, 6) is 1.51. The van der Waals surface area contributed by atoms with Gasteiger partial charge in [-0.15, -0.1) is 0 Å². The number of allylic oxidation sites excluding steroid dienone is 2. The van der Waals surface area contributed by atoms with Gasteiger partial charge in [0.1, 0.15) is 5.82 Å². The molecule has 2 fully saturated rings. The Morgan fingerprint density at radius 3 is 2.42 bits per heavy atom. The third-order valence-corrected chi connectivity index (χ3v) is 6.98. The molecule has 2 atom stereocenters. The van der Waals surface area contributed by atoms with Crippen molar-refractivity contribution in [1.29, 1.82) is 0 Å². The predicted octanol–water partition coefficient (Wildman–Crippen LogP) is 1.59. The van der Waals surface area contributed by atoms with Gasteiger partial charge in [0.25, 0.3) is 0 Å². The minimum absolute atomic E-state index is 0.166. The number of hydrogen-bond acceptors (Lipinski definition) is 8. The van der Waals surface area contributed by atoms with Crippen LogP contribution in [0.5, 0.6) is 0 Å². The highest BCUT2D eigenvalue weighted by atomic mass is 32.2. The van der Waals surface area contributed by atoms with Crippen LogP contribution in [-0.4, -0.2) is 76.2 Å². The first-order valence-corrected chi connectivity index (χ1v) is 14.0. The molecular weight excluding hydrogens is 478 g/mol. The highest BCUT2D eigenvalue weighted by molar-refractivity contribution is 7.92. The van der Waals surface area contributed by atoms with Crippen molar-refractivity contribution in [2.75, 3.05) is 60.3 Å². The van der Waals surface area contributed by atoms with Gasteiger partial charge in [0.15, 0.2) is 0 Å². The molecule has 0 aliphatic carbocycles. The maximum Gasteiger partial charge on any atom is 0.229 e. The van der Waals surface area contributed by atoms with Crippen LogP contribution in [0, 0.1) is 0 Å². The van der Waals surface area contributed by atoms with Crippen LogP contribution in [0.2, 0.25) is 0 Å². The Morgan fingerprint density at radius 1 is 1.11 bits per heavy atom. The Hall–Kier alpha value is -2.95. The Labute approximate surface area is 213 Å². The molecule has 0 saturated carbocycles. The third kappa shape index (κ3) is 6.24. The Morgan fingerprint density at radius 2 is 1.78 bits per heavy atom. The molecule has 1 aromatic carbocycles. The number of rotatable bonds is 6. The molecule has 4 rings (SSSR count). The second-order valence-corrected chi connectivity index (χ2v) is 11.2. The van der Waals surface area contributed by atoms with Gasteiger partial charge in [-0.3, -0.25) is 4.72 Å². The normalized spacial score (nSPS) is 22.1. The molecule has 2 aliphatic heterocycles. The summed E-state index contributed by atoms with van der Waals surface area (Å²) < 4.78 is 37.1. The molecule has 2 saturated heterocycles. The van der Waals surface area contributed by atoms with Crippen molar-refractivity contribution in [3.8, 4) is 0 Å². The predicted molar refractivity (Wildman–Crippen MR) is 145 cm³/mol. The number of anilines is 3. The van der Waals surface area contributed by atoms with Gasteiger partial charge in [-0.05, 0) is 50.1 Å². The molecule has 10 heteroatoms. The summed E-state index contributed by atoms with van der Waals surface area (Å²) in [4.78, 5) is 14.3. The van der Waals surface area contributed by atoms with Gasteiger partial charge < -0.3 is 19.3 Å². The van der Waals surface area contributed by atoms with Gasteiger partial charge in [-0.25, -0.2) is 13.4 Å². The van der Waals surface area contributed by atoms with Crippen LogP contribution in [0.25, 0.3) is 18.2 Å². The van der Waals surface area contributed by atoms with Crippen LogP contribution in [0.3, 0.4) is 0 Å². The molecule has 2 aliphatic rings. The molecule has 3 heterocycles. The summed E-state index contributed by atoms with van der Waals surface area (Å²) in [5.41, 5.74) is 2.40. The highest BCUT2D eigenvalue weighted by Gasteiger charge is 2.26. The zero-order valence-corrected chi connectivity index (χ0v) is 22.2. The first-order chi connectivity index (χ1) is 17.1. The van der Waals surface area contributed by atoms with Crippen molar-refractivity contribution in [1.82, 2.24) is 9.97 Å². The SMILES string of the molecule is C=c1nc(N2CCOC[C@@H]2C)nc(N2CCOC[C@@H]2C)/c1=C/C=C(\C)c1cccc(NS(C)(=O)=O)c1. The van der Waals surface area contributed by atoms with Gasteiger partial charge >= 0.3 is 0 Å². The number of morpholine rings is 2. The van der Waals surface area contributed by atoms with E-state index in [1.807, 2.05) is 37.3 Å². The summed E-state index contributed by atoms with van der Waals surface area (Å²) in [6, 6.07) is 7.66. The van der Waals surface area contributed by atoms with E-state index in [2.05, 4.69) is 34.9 Å². The van der Waals surface area contributed by atoms with E-state index in [1.54, 1.807) is 6.07 Å². The average molecular weight is 514 g/mol. The number of hydrogen-bond donors (Lipinski definition) is 1. The fourth-order valence-electron chi connectivity index (χ4n) is 4.42. The smallest absolute Gasteiger partial charge is 0.229 e. The fourth-order valence-corrected chi connectivity index (χ4v) is 4.98. The molecule has 2 aromatic rings. The van der Waals surface area contributed by atoms with Gasteiger partial charge in [0.2, 0.25) is 16.0 Å². The molecule has 0 bridgehead atoms. The highest BCUT2D eigenvalue weighted by Crippen LogP contribution is 2.21. The fraction of sp³-hybridized carbons (Fsp3) is 0.462. The molecule has 0 unspecified atom stereocenters. The van der Waals surface area contributed by atoms with Gasteiger partial charge in [-0.1, -0.05) is 24.8 Å². The van der Waals surface area contributed by atoms with E-state index >= 15 is 0 Å². The van der Waals surface area contributed by atoms with Crippen LogP contribution in [0.1, 0.15) is 26.3 Å². The van der Waals surface area contributed by atoms with E-state index in [0.29, 0.717) is 43.4 Å². The Kier molecular flexibility index (Phi) is 7.97. The van der Waals surface area contributed by atoms with E-state index in [1.165, 1.54) is 0 Å². The van der Waals surface area contributed by atoms with E-state index in [-0.39, 0.29) is 12.1 Å². The van der Waals surface area contributed by atoms with Crippen LogP contribution in [0.4, 0.5) is 17.5 Å². The lowest BCUT2D eigenvalue weighted by atomic mass is 10.1. The Balaban J connectivity index is 1.76. The van der Waals surface area contributed by atoms with Crippen molar-refractivity contribution in [3.63, 3.8) is 0 Å². The third-order valence-electron chi connectivity index (χ3n) is 6.38. The van der Waals surface area contributed by atoms with E-state index in [4.69, 9.17) is 19.4 Å². The molecule has 1 aromatic heterocycles. The molecule has 9 nitrogen and oxygen atoms in total. The lowest BCUT2D eigenvalue weighted by Crippen LogP contribution is -2.50. The molecule has 1 N–H and O–H groups in total. The lowest BCUT2D eigenvalue weighted by molar-refractivity contribution is 0.0971. The summed E-state index contributed by atoms with van der Waals surface area (Å²) in [5, 5.41) is 1.52. The van der Waals surface area contributed by atoms with Crippen molar-refractivity contribution in [2.24, 2.45) is 0 Å². The molecule has 0 radical (unpaired) electrons. The lowest BCUT2D eigenvalue weighted by Gasteiger charge is -2.36. The standard InChI is InChI=1S/C26H35N5O4S/c1-18(22-7-6-8-23(15-22)29-36(5,32)33)9-10-24-21(4)27-26(31-12-14-35-17-20(31)3)28-25(24)30-11-13-34-16-19(30)2/h6-10,15,19-20,29H,4,11-14,16-17H2,1-3,5H3/b18-9+,24-10+/t19-,20-/m0/s1. The van der Waals surface area contributed by atoms with Crippen molar-refractivity contribution in [2.45, 2.75) is 32.9 Å². The molecule has 0 amide bonds. The summed E-state index contributed by atoms with van der Waals surface area (Å²) in [6.07, 6.45) is 5.14. The number of nitrogens with one attached hydrogen (secondary N) is 1. The van der Waals surface area contributed by atoms with Crippen LogP contribution >= 0.6 is 0 Å².